The Labute approximate surface area is 120 Å². The molecule has 0 saturated carbocycles. The third kappa shape index (κ3) is 2.67. The molecule has 0 unspecified atom stereocenters. The first-order valence-corrected chi connectivity index (χ1v) is 7.15. The van der Waals surface area contributed by atoms with E-state index in [0.717, 1.165) is 10.5 Å². The molecule has 3 rings (SSSR count). The maximum atomic E-state index is 11.7. The van der Waals surface area contributed by atoms with Gasteiger partial charge in [0.05, 0.1) is 5.75 Å². The van der Waals surface area contributed by atoms with Crippen molar-refractivity contribution in [3.63, 3.8) is 0 Å². The van der Waals surface area contributed by atoms with Gasteiger partial charge in [0, 0.05) is 15.6 Å². The van der Waals surface area contributed by atoms with Crippen molar-refractivity contribution in [3.05, 3.63) is 71.6 Å². The quantitative estimate of drug-likeness (QED) is 0.545. The van der Waals surface area contributed by atoms with Crippen molar-refractivity contribution in [3.8, 4) is 11.3 Å². The van der Waals surface area contributed by atoms with E-state index in [1.807, 2.05) is 60.7 Å². The highest BCUT2D eigenvalue weighted by Crippen LogP contribution is 2.26. The van der Waals surface area contributed by atoms with Crippen molar-refractivity contribution in [1.29, 1.82) is 0 Å². The summed E-state index contributed by atoms with van der Waals surface area (Å²) in [5, 5.41) is 15.6. The molecule has 3 aromatic rings. The Balaban J connectivity index is 1.85. The molecule has 4 nitrogen and oxygen atoms in total. The van der Waals surface area contributed by atoms with Gasteiger partial charge in [-0.25, -0.2) is 0 Å². The van der Waals surface area contributed by atoms with Gasteiger partial charge in [0.1, 0.15) is 0 Å². The summed E-state index contributed by atoms with van der Waals surface area (Å²) >= 11 is 1.58. The fourth-order valence-electron chi connectivity index (χ4n) is 1.87. The summed E-state index contributed by atoms with van der Waals surface area (Å²) in [5.41, 5.74) is 2.02. The minimum atomic E-state index is 0.484. The Morgan fingerprint density at radius 2 is 1.65 bits per heavy atom. The predicted molar refractivity (Wildman–Crippen MR) is 76.9 cm³/mol. The molecule has 0 radical (unpaired) electrons. The molecule has 0 spiro atoms. The highest BCUT2D eigenvalue weighted by atomic mass is 32.2. The molecule has 0 aliphatic carbocycles. The molecule has 0 fully saturated rings. The second kappa shape index (κ2) is 5.79. The molecule has 5 heteroatoms. The number of benzene rings is 2. The highest BCUT2D eigenvalue weighted by Gasteiger charge is 2.20. The van der Waals surface area contributed by atoms with Crippen LogP contribution >= 0.6 is 11.8 Å². The van der Waals surface area contributed by atoms with Gasteiger partial charge < -0.3 is 5.21 Å². The summed E-state index contributed by atoms with van der Waals surface area (Å²) in [7, 11) is 0. The van der Waals surface area contributed by atoms with Crippen LogP contribution in [0.25, 0.3) is 11.3 Å². The van der Waals surface area contributed by atoms with E-state index >= 15 is 0 Å². The summed E-state index contributed by atoms with van der Waals surface area (Å²) in [6.07, 6.45) is 0. The zero-order valence-electron chi connectivity index (χ0n) is 10.6. The summed E-state index contributed by atoms with van der Waals surface area (Å²) < 4.78 is 4.74. The molecule has 0 amide bonds. The third-order valence-corrected chi connectivity index (χ3v) is 3.89. The first kappa shape index (κ1) is 12.7. The normalized spacial score (nSPS) is 10.6. The zero-order chi connectivity index (χ0) is 13.8. The number of hydrogen-bond acceptors (Lipinski definition) is 4. The average molecular weight is 284 g/mol. The molecule has 1 aromatic heterocycles. The number of hydrogen-bond donors (Lipinski definition) is 0. The van der Waals surface area contributed by atoms with Crippen LogP contribution in [0.5, 0.6) is 0 Å². The molecule has 0 aliphatic rings. The monoisotopic (exact) mass is 284 g/mol. The standard InChI is InChI=1S/C15H12N2O2S/c18-17-14(11-20-13-9-5-2-6-10-13)15(16-19-17)12-7-3-1-4-8-12/h1-10H,11H2. The molecular weight excluding hydrogens is 272 g/mol. The second-order valence-electron chi connectivity index (χ2n) is 4.19. The van der Waals surface area contributed by atoms with E-state index < -0.39 is 0 Å². The Hall–Kier alpha value is -2.27. The van der Waals surface area contributed by atoms with Gasteiger partial charge in [0.15, 0.2) is 0 Å². The van der Waals surface area contributed by atoms with E-state index in [1.165, 1.54) is 0 Å². The van der Waals surface area contributed by atoms with Crippen molar-refractivity contribution in [2.24, 2.45) is 0 Å². The molecule has 0 saturated heterocycles. The van der Waals surface area contributed by atoms with E-state index in [9.17, 15) is 5.21 Å². The number of nitrogens with zero attached hydrogens (tertiary/aromatic N) is 2. The van der Waals surface area contributed by atoms with E-state index in [0.29, 0.717) is 22.0 Å². The van der Waals surface area contributed by atoms with Crippen LogP contribution in [0.4, 0.5) is 0 Å². The second-order valence-corrected chi connectivity index (χ2v) is 5.24. The van der Waals surface area contributed by atoms with Crippen LogP contribution in [0.2, 0.25) is 0 Å². The van der Waals surface area contributed by atoms with E-state index in [4.69, 9.17) is 4.63 Å². The zero-order valence-corrected chi connectivity index (χ0v) is 11.4. The number of thioether (sulfide) groups is 1. The number of rotatable bonds is 4. The smallest absolute Gasteiger partial charge is 0.252 e. The third-order valence-electron chi connectivity index (χ3n) is 2.87. The minimum absolute atomic E-state index is 0.484. The van der Waals surface area contributed by atoms with Crippen molar-refractivity contribution in [1.82, 2.24) is 5.16 Å². The van der Waals surface area contributed by atoms with E-state index in [1.54, 1.807) is 11.8 Å². The van der Waals surface area contributed by atoms with E-state index in [2.05, 4.69) is 5.16 Å². The van der Waals surface area contributed by atoms with Gasteiger partial charge in [-0.15, -0.1) is 11.8 Å². The lowest BCUT2D eigenvalue weighted by Crippen LogP contribution is -2.27. The largest absolute Gasteiger partial charge is 0.359 e. The van der Waals surface area contributed by atoms with Gasteiger partial charge in [0.2, 0.25) is 5.69 Å². The van der Waals surface area contributed by atoms with Crippen LogP contribution in [0.15, 0.2) is 70.2 Å². The maximum Gasteiger partial charge on any atom is 0.252 e. The first-order valence-electron chi connectivity index (χ1n) is 6.16. The highest BCUT2D eigenvalue weighted by molar-refractivity contribution is 7.98. The Morgan fingerprint density at radius 3 is 2.35 bits per heavy atom. The lowest BCUT2D eigenvalue weighted by Gasteiger charge is -2.00. The molecule has 0 N–H and O–H groups in total. The predicted octanol–water partition coefficient (Wildman–Crippen LogP) is 3.27. The van der Waals surface area contributed by atoms with Crippen LogP contribution in [0.3, 0.4) is 0 Å². The van der Waals surface area contributed by atoms with Crippen molar-refractivity contribution < 1.29 is 9.53 Å². The summed E-state index contributed by atoms with van der Waals surface area (Å²) in [5.74, 6) is 0.515. The van der Waals surface area contributed by atoms with Gasteiger partial charge in [-0.2, -0.15) is 0 Å². The Morgan fingerprint density at radius 1 is 1.00 bits per heavy atom. The van der Waals surface area contributed by atoms with Crippen molar-refractivity contribution >= 4 is 11.8 Å². The average Bonchev–Trinajstić information content (AvgIpc) is 2.88. The summed E-state index contributed by atoms with van der Waals surface area (Å²) in [4.78, 5) is 1.59. The van der Waals surface area contributed by atoms with Gasteiger partial charge in [0.25, 0.3) is 5.69 Å². The summed E-state index contributed by atoms with van der Waals surface area (Å²) in [6.45, 7) is 0. The van der Waals surface area contributed by atoms with Gasteiger partial charge in [-0.3, -0.25) is 4.63 Å². The molecule has 100 valence electrons. The maximum absolute atomic E-state index is 11.7. The topological polar surface area (TPSA) is 53.0 Å². The van der Waals surface area contributed by atoms with Crippen LogP contribution < -0.4 is 4.90 Å². The lowest BCUT2D eigenvalue weighted by molar-refractivity contribution is -0.807. The van der Waals surface area contributed by atoms with E-state index in [-0.39, 0.29) is 0 Å². The number of aromatic nitrogens is 2. The molecule has 20 heavy (non-hydrogen) atoms. The molecule has 0 bridgehead atoms. The van der Waals surface area contributed by atoms with Crippen LogP contribution in [0, 0.1) is 5.21 Å². The lowest BCUT2D eigenvalue weighted by atomic mass is 10.1. The van der Waals surface area contributed by atoms with Crippen molar-refractivity contribution in [2.45, 2.75) is 10.6 Å². The Bertz CT molecular complexity index is 684. The van der Waals surface area contributed by atoms with Crippen LogP contribution in [-0.4, -0.2) is 5.16 Å². The fraction of sp³-hybridized carbons (Fsp3) is 0.0667. The molecule has 1 heterocycles. The van der Waals surface area contributed by atoms with Crippen LogP contribution in [0.1, 0.15) is 5.69 Å². The summed E-state index contributed by atoms with van der Waals surface area (Å²) in [6, 6.07) is 19.5. The molecule has 0 atom stereocenters. The molecule has 0 aliphatic heterocycles. The SMILES string of the molecule is [O-][n+]1onc(-c2ccccc2)c1CSc1ccccc1. The molecule has 2 aromatic carbocycles. The Kier molecular flexibility index (Phi) is 3.69. The molecular formula is C15H12N2O2S. The van der Waals surface area contributed by atoms with Crippen molar-refractivity contribution in [2.75, 3.05) is 0 Å². The minimum Gasteiger partial charge on any atom is -0.359 e. The van der Waals surface area contributed by atoms with Crippen LogP contribution in [-0.2, 0) is 5.75 Å². The fourth-order valence-corrected chi connectivity index (χ4v) is 2.77. The first-order chi connectivity index (χ1) is 9.84. The van der Waals surface area contributed by atoms with Gasteiger partial charge in [-0.1, -0.05) is 48.5 Å². The van der Waals surface area contributed by atoms with Gasteiger partial charge >= 0.3 is 0 Å². The van der Waals surface area contributed by atoms with Gasteiger partial charge in [-0.05, 0) is 17.0 Å².